The Morgan fingerprint density at radius 2 is 2.29 bits per heavy atom. The maximum Gasteiger partial charge on any atom is 0.301 e. The van der Waals surface area contributed by atoms with Crippen molar-refractivity contribution in [1.29, 1.82) is 0 Å². The van der Waals surface area contributed by atoms with E-state index in [0.717, 1.165) is 10.3 Å². The average Bonchev–Trinajstić information content (AvgIpc) is 2.61. The standard InChI is InChI=1S/C9H8BrN3O/c1-14-9-12-6-8(10)13(9)7-3-2-4-11-5-7/h2-6H,1H3. The molecule has 0 saturated heterocycles. The smallest absolute Gasteiger partial charge is 0.301 e. The van der Waals surface area contributed by atoms with Crippen LogP contribution in [-0.4, -0.2) is 21.6 Å². The van der Waals surface area contributed by atoms with Crippen LogP contribution in [0.2, 0.25) is 0 Å². The summed E-state index contributed by atoms with van der Waals surface area (Å²) in [6.07, 6.45) is 5.15. The summed E-state index contributed by atoms with van der Waals surface area (Å²) in [5.74, 6) is 0. The van der Waals surface area contributed by atoms with Crippen molar-refractivity contribution in [1.82, 2.24) is 14.5 Å². The Bertz CT molecular complexity index is 427. The Morgan fingerprint density at radius 1 is 1.43 bits per heavy atom. The van der Waals surface area contributed by atoms with E-state index in [1.807, 2.05) is 16.7 Å². The van der Waals surface area contributed by atoms with E-state index < -0.39 is 0 Å². The monoisotopic (exact) mass is 253 g/mol. The molecule has 0 N–H and O–H groups in total. The van der Waals surface area contributed by atoms with Crippen LogP contribution in [0.25, 0.3) is 5.69 Å². The molecule has 0 aliphatic heterocycles. The van der Waals surface area contributed by atoms with Crippen molar-refractivity contribution in [2.75, 3.05) is 7.11 Å². The van der Waals surface area contributed by atoms with Crippen LogP contribution in [0.5, 0.6) is 6.01 Å². The molecule has 0 unspecified atom stereocenters. The van der Waals surface area contributed by atoms with Crippen molar-refractivity contribution in [3.8, 4) is 11.7 Å². The molecular weight excluding hydrogens is 246 g/mol. The zero-order chi connectivity index (χ0) is 9.97. The molecule has 72 valence electrons. The Morgan fingerprint density at radius 3 is 2.93 bits per heavy atom. The van der Waals surface area contributed by atoms with Gasteiger partial charge in [-0.2, -0.15) is 0 Å². The third-order valence-electron chi connectivity index (χ3n) is 1.77. The summed E-state index contributed by atoms with van der Waals surface area (Å²) in [4.78, 5) is 8.11. The molecule has 2 aromatic rings. The summed E-state index contributed by atoms with van der Waals surface area (Å²) < 4.78 is 7.78. The van der Waals surface area contributed by atoms with E-state index >= 15 is 0 Å². The molecule has 0 atom stereocenters. The van der Waals surface area contributed by atoms with Crippen molar-refractivity contribution in [3.63, 3.8) is 0 Å². The van der Waals surface area contributed by atoms with Crippen LogP contribution in [0, 0.1) is 0 Å². The lowest BCUT2D eigenvalue weighted by molar-refractivity contribution is 0.373. The first-order valence-electron chi connectivity index (χ1n) is 4.00. The average molecular weight is 254 g/mol. The number of methoxy groups -OCH3 is 1. The van der Waals surface area contributed by atoms with Gasteiger partial charge in [-0.15, -0.1) is 0 Å². The molecule has 0 amide bonds. The van der Waals surface area contributed by atoms with Crippen molar-refractivity contribution >= 4 is 15.9 Å². The Labute approximate surface area is 89.7 Å². The lowest BCUT2D eigenvalue weighted by Gasteiger charge is -2.06. The predicted octanol–water partition coefficient (Wildman–Crippen LogP) is 2.04. The summed E-state index contributed by atoms with van der Waals surface area (Å²) in [6.45, 7) is 0. The minimum atomic E-state index is 0.532. The highest BCUT2D eigenvalue weighted by atomic mass is 79.9. The summed E-state index contributed by atoms with van der Waals surface area (Å²) in [7, 11) is 1.58. The van der Waals surface area contributed by atoms with E-state index in [0.29, 0.717) is 6.01 Å². The summed E-state index contributed by atoms with van der Waals surface area (Å²) in [5.41, 5.74) is 0.911. The van der Waals surface area contributed by atoms with E-state index in [-0.39, 0.29) is 0 Å². The van der Waals surface area contributed by atoms with Crippen LogP contribution in [0.1, 0.15) is 0 Å². The second-order valence-electron chi connectivity index (χ2n) is 2.61. The molecular formula is C9H8BrN3O. The highest BCUT2D eigenvalue weighted by Gasteiger charge is 2.09. The van der Waals surface area contributed by atoms with Gasteiger partial charge in [0.25, 0.3) is 0 Å². The van der Waals surface area contributed by atoms with Gasteiger partial charge in [0.2, 0.25) is 0 Å². The lowest BCUT2D eigenvalue weighted by Crippen LogP contribution is -1.98. The quantitative estimate of drug-likeness (QED) is 0.823. The highest BCUT2D eigenvalue weighted by molar-refractivity contribution is 9.10. The largest absolute Gasteiger partial charge is 0.468 e. The molecule has 4 nitrogen and oxygen atoms in total. The first-order chi connectivity index (χ1) is 6.83. The zero-order valence-corrected chi connectivity index (χ0v) is 9.10. The van der Waals surface area contributed by atoms with Crippen LogP contribution in [-0.2, 0) is 0 Å². The van der Waals surface area contributed by atoms with E-state index in [4.69, 9.17) is 4.74 Å². The van der Waals surface area contributed by atoms with Gasteiger partial charge in [0.1, 0.15) is 4.60 Å². The number of imidazole rings is 1. The number of halogens is 1. The second kappa shape index (κ2) is 3.79. The molecule has 0 radical (unpaired) electrons. The Balaban J connectivity index is 2.55. The van der Waals surface area contributed by atoms with Crippen molar-refractivity contribution in [2.45, 2.75) is 0 Å². The number of rotatable bonds is 2. The van der Waals surface area contributed by atoms with Crippen LogP contribution < -0.4 is 4.74 Å². The topological polar surface area (TPSA) is 39.9 Å². The summed E-state index contributed by atoms with van der Waals surface area (Å²) in [5, 5.41) is 0. The third kappa shape index (κ3) is 1.50. The molecule has 5 heteroatoms. The predicted molar refractivity (Wildman–Crippen MR) is 55.6 cm³/mol. The molecule has 0 fully saturated rings. The maximum atomic E-state index is 5.11. The van der Waals surface area contributed by atoms with E-state index in [1.54, 1.807) is 25.7 Å². The van der Waals surface area contributed by atoms with E-state index in [1.165, 1.54) is 0 Å². The zero-order valence-electron chi connectivity index (χ0n) is 7.51. The normalized spacial score (nSPS) is 10.1. The number of hydrogen-bond acceptors (Lipinski definition) is 3. The summed E-state index contributed by atoms with van der Waals surface area (Å²) >= 11 is 3.39. The van der Waals surface area contributed by atoms with E-state index in [9.17, 15) is 0 Å². The second-order valence-corrected chi connectivity index (χ2v) is 3.43. The van der Waals surface area contributed by atoms with Gasteiger partial charge in [-0.25, -0.2) is 4.98 Å². The molecule has 0 aliphatic rings. The fourth-order valence-electron chi connectivity index (χ4n) is 1.18. The number of pyridine rings is 1. The molecule has 2 heterocycles. The Hall–Kier alpha value is -1.36. The summed E-state index contributed by atoms with van der Waals surface area (Å²) in [6, 6.07) is 4.33. The van der Waals surface area contributed by atoms with Gasteiger partial charge < -0.3 is 4.74 Å². The minimum absolute atomic E-state index is 0.532. The number of hydrogen-bond donors (Lipinski definition) is 0. The van der Waals surface area contributed by atoms with E-state index in [2.05, 4.69) is 25.9 Å². The minimum Gasteiger partial charge on any atom is -0.468 e. The molecule has 0 saturated carbocycles. The third-order valence-corrected chi connectivity index (χ3v) is 2.33. The van der Waals surface area contributed by atoms with Crippen LogP contribution in [0.4, 0.5) is 0 Å². The van der Waals surface area contributed by atoms with Gasteiger partial charge in [0.15, 0.2) is 0 Å². The molecule has 0 aromatic carbocycles. The van der Waals surface area contributed by atoms with Crippen molar-refractivity contribution in [2.24, 2.45) is 0 Å². The first-order valence-corrected chi connectivity index (χ1v) is 4.80. The van der Waals surface area contributed by atoms with Crippen molar-refractivity contribution in [3.05, 3.63) is 35.3 Å². The Kier molecular flexibility index (Phi) is 2.49. The van der Waals surface area contributed by atoms with Gasteiger partial charge in [0.05, 0.1) is 25.2 Å². The van der Waals surface area contributed by atoms with Gasteiger partial charge in [-0.05, 0) is 28.1 Å². The number of nitrogens with zero attached hydrogens (tertiary/aromatic N) is 3. The fraction of sp³-hybridized carbons (Fsp3) is 0.111. The molecule has 0 aliphatic carbocycles. The van der Waals surface area contributed by atoms with Gasteiger partial charge in [0, 0.05) is 6.20 Å². The van der Waals surface area contributed by atoms with Gasteiger partial charge in [-0.3, -0.25) is 9.55 Å². The number of aromatic nitrogens is 3. The maximum absolute atomic E-state index is 5.11. The molecule has 2 aromatic heterocycles. The highest BCUT2D eigenvalue weighted by Crippen LogP contribution is 2.22. The van der Waals surface area contributed by atoms with Crippen LogP contribution in [0.3, 0.4) is 0 Å². The molecule has 0 spiro atoms. The van der Waals surface area contributed by atoms with Crippen LogP contribution in [0.15, 0.2) is 35.3 Å². The van der Waals surface area contributed by atoms with Crippen molar-refractivity contribution < 1.29 is 4.74 Å². The lowest BCUT2D eigenvalue weighted by atomic mass is 10.4. The SMILES string of the molecule is COc1ncc(Br)n1-c1cccnc1. The van der Waals surface area contributed by atoms with Crippen LogP contribution >= 0.6 is 15.9 Å². The first kappa shape index (κ1) is 9.21. The number of ether oxygens (including phenoxy) is 1. The van der Waals surface area contributed by atoms with Gasteiger partial charge in [-0.1, -0.05) is 0 Å². The molecule has 2 rings (SSSR count). The van der Waals surface area contributed by atoms with Gasteiger partial charge >= 0.3 is 6.01 Å². The molecule has 14 heavy (non-hydrogen) atoms. The fourth-order valence-corrected chi connectivity index (χ4v) is 1.64. The molecule has 0 bridgehead atoms.